The molecule has 1 aliphatic carbocycles. The van der Waals surface area contributed by atoms with E-state index in [0.29, 0.717) is 22.4 Å². The minimum Gasteiger partial charge on any atom is -0.465 e. The van der Waals surface area contributed by atoms with E-state index in [0.717, 1.165) is 29.3 Å². The fourth-order valence-electron chi connectivity index (χ4n) is 4.41. The maximum Gasteiger partial charge on any atom is 0.433 e. The Kier molecular flexibility index (Phi) is 6.45. The highest BCUT2D eigenvalue weighted by atomic mass is 35.5. The van der Waals surface area contributed by atoms with Crippen LogP contribution < -0.4 is 5.32 Å². The second-order valence-electron chi connectivity index (χ2n) is 8.79. The standard InChI is InChI=1S/C25H20ClF3N4O3S/c1-12-8-9-14-16(10-12)37-23(18(14)24(35)36-2)31-22(34)20-19(26)21-30-15(13-6-4-3-5-7-13)11-17(25(27,28)29)33(21)32-20/h3-7,11-12H,8-10H2,1-2H3,(H,31,34)/t12-/m0/s1. The number of esters is 1. The van der Waals surface area contributed by atoms with E-state index >= 15 is 0 Å². The average molecular weight is 549 g/mol. The SMILES string of the molecule is COC(=O)c1c(NC(=O)c2nn3c(C(F)(F)F)cc(-c4ccccc4)nc3c2Cl)sc2c1CC[C@H](C)C2. The van der Waals surface area contributed by atoms with Crippen molar-refractivity contribution in [3.8, 4) is 11.3 Å². The Balaban J connectivity index is 1.59. The minimum atomic E-state index is -4.80. The van der Waals surface area contributed by atoms with Crippen molar-refractivity contribution in [3.05, 3.63) is 68.8 Å². The molecule has 0 fully saturated rings. The predicted molar refractivity (Wildman–Crippen MR) is 133 cm³/mol. The molecule has 7 nitrogen and oxygen atoms in total. The number of halogens is 4. The van der Waals surface area contributed by atoms with Crippen LogP contribution in [0.2, 0.25) is 5.02 Å². The quantitative estimate of drug-likeness (QED) is 0.303. The molecule has 4 aromatic rings. The molecule has 1 aliphatic rings. The molecule has 0 unspecified atom stereocenters. The van der Waals surface area contributed by atoms with Crippen molar-refractivity contribution in [2.75, 3.05) is 12.4 Å². The van der Waals surface area contributed by atoms with Crippen molar-refractivity contribution in [2.45, 2.75) is 32.4 Å². The van der Waals surface area contributed by atoms with Crippen LogP contribution in [0.1, 0.15) is 50.3 Å². The third-order valence-corrected chi connectivity index (χ3v) is 7.75. The summed E-state index contributed by atoms with van der Waals surface area (Å²) in [4.78, 5) is 31.0. The van der Waals surface area contributed by atoms with Crippen molar-refractivity contribution < 1.29 is 27.5 Å². The van der Waals surface area contributed by atoms with Crippen molar-refractivity contribution in [1.82, 2.24) is 14.6 Å². The summed E-state index contributed by atoms with van der Waals surface area (Å²) in [6.07, 6.45) is -2.51. The zero-order valence-electron chi connectivity index (χ0n) is 19.6. The van der Waals surface area contributed by atoms with Crippen LogP contribution in [0.15, 0.2) is 36.4 Å². The Morgan fingerprint density at radius 3 is 2.65 bits per heavy atom. The summed E-state index contributed by atoms with van der Waals surface area (Å²) < 4.78 is 47.3. The normalized spacial score (nSPS) is 15.5. The molecule has 192 valence electrons. The second-order valence-corrected chi connectivity index (χ2v) is 10.3. The smallest absolute Gasteiger partial charge is 0.433 e. The number of hydrogen-bond donors (Lipinski definition) is 1. The van der Waals surface area contributed by atoms with E-state index in [1.54, 1.807) is 30.3 Å². The Morgan fingerprint density at radius 2 is 1.97 bits per heavy atom. The van der Waals surface area contributed by atoms with Gasteiger partial charge in [-0.2, -0.15) is 18.3 Å². The number of carbonyl (C=O) groups is 2. The van der Waals surface area contributed by atoms with Crippen molar-refractivity contribution in [1.29, 1.82) is 0 Å². The summed E-state index contributed by atoms with van der Waals surface area (Å²) in [7, 11) is 1.25. The van der Waals surface area contributed by atoms with Gasteiger partial charge in [0.25, 0.3) is 5.91 Å². The number of thiophene rings is 1. The number of nitrogens with zero attached hydrogens (tertiary/aromatic N) is 3. The van der Waals surface area contributed by atoms with Gasteiger partial charge in [0.05, 0.1) is 18.4 Å². The number of nitrogens with one attached hydrogen (secondary N) is 1. The monoisotopic (exact) mass is 548 g/mol. The molecule has 0 saturated heterocycles. The van der Waals surface area contributed by atoms with Gasteiger partial charge in [-0.15, -0.1) is 11.3 Å². The zero-order valence-corrected chi connectivity index (χ0v) is 21.2. The number of ether oxygens (including phenoxy) is 1. The molecule has 0 aliphatic heterocycles. The van der Waals surface area contributed by atoms with E-state index in [9.17, 15) is 22.8 Å². The molecule has 0 saturated carbocycles. The van der Waals surface area contributed by atoms with Gasteiger partial charge >= 0.3 is 12.1 Å². The van der Waals surface area contributed by atoms with Gasteiger partial charge in [-0.3, -0.25) is 4.79 Å². The summed E-state index contributed by atoms with van der Waals surface area (Å²) >= 11 is 7.63. The molecule has 5 rings (SSSR count). The maximum absolute atomic E-state index is 14.0. The fourth-order valence-corrected chi connectivity index (χ4v) is 6.05. The van der Waals surface area contributed by atoms with Gasteiger partial charge in [-0.1, -0.05) is 48.9 Å². The number of benzene rings is 1. The summed E-state index contributed by atoms with van der Waals surface area (Å²) in [6, 6.07) is 9.16. The number of alkyl halides is 3. The highest BCUT2D eigenvalue weighted by molar-refractivity contribution is 7.17. The van der Waals surface area contributed by atoms with E-state index in [1.165, 1.54) is 18.4 Å². The highest BCUT2D eigenvalue weighted by Gasteiger charge is 2.37. The molecule has 0 bridgehead atoms. The summed E-state index contributed by atoms with van der Waals surface area (Å²) in [6.45, 7) is 2.10. The second kappa shape index (κ2) is 9.46. The molecule has 3 aromatic heterocycles. The molecule has 0 spiro atoms. The minimum absolute atomic E-state index is 0.0298. The first-order valence-electron chi connectivity index (χ1n) is 11.3. The van der Waals surface area contributed by atoms with E-state index in [-0.39, 0.29) is 26.9 Å². The van der Waals surface area contributed by atoms with Crippen LogP contribution in [-0.2, 0) is 23.8 Å². The molecule has 1 atom stereocenters. The van der Waals surface area contributed by atoms with Crippen LogP contribution in [0.5, 0.6) is 0 Å². The lowest BCUT2D eigenvalue weighted by Gasteiger charge is -2.18. The third kappa shape index (κ3) is 4.57. The largest absolute Gasteiger partial charge is 0.465 e. The molecule has 12 heteroatoms. The maximum atomic E-state index is 14.0. The topological polar surface area (TPSA) is 85.6 Å². The van der Waals surface area contributed by atoms with Crippen LogP contribution in [0.3, 0.4) is 0 Å². The van der Waals surface area contributed by atoms with E-state index in [2.05, 4.69) is 22.3 Å². The highest BCUT2D eigenvalue weighted by Crippen LogP contribution is 2.41. The molecule has 1 aromatic carbocycles. The fraction of sp³-hybridized carbons (Fsp3) is 0.280. The molecule has 1 amide bonds. The van der Waals surface area contributed by atoms with E-state index in [1.807, 2.05) is 0 Å². The molecule has 3 heterocycles. The van der Waals surface area contributed by atoms with Gasteiger partial charge in [0, 0.05) is 10.4 Å². The number of fused-ring (bicyclic) bond motifs is 2. The predicted octanol–water partition coefficient (Wildman–Crippen LogP) is 6.29. The first-order valence-corrected chi connectivity index (χ1v) is 12.5. The molecular weight excluding hydrogens is 529 g/mol. The third-order valence-electron chi connectivity index (χ3n) is 6.24. The molecule has 37 heavy (non-hydrogen) atoms. The number of carbonyl (C=O) groups excluding carboxylic acids is 2. The van der Waals surface area contributed by atoms with Gasteiger partial charge in [0.2, 0.25) is 0 Å². The number of amides is 1. The van der Waals surface area contributed by atoms with Gasteiger partial charge in [0.15, 0.2) is 17.0 Å². The van der Waals surface area contributed by atoms with E-state index in [4.69, 9.17) is 16.3 Å². The number of rotatable bonds is 4. The number of aromatic nitrogens is 3. The molecule has 1 N–H and O–H groups in total. The Bertz CT molecular complexity index is 1530. The lowest BCUT2D eigenvalue weighted by atomic mass is 9.88. The number of hydrogen-bond acceptors (Lipinski definition) is 6. The molecular formula is C25H20ClF3N4O3S. The van der Waals surface area contributed by atoms with Crippen molar-refractivity contribution in [2.24, 2.45) is 5.92 Å². The number of methoxy groups -OCH3 is 1. The molecule has 0 radical (unpaired) electrons. The van der Waals surface area contributed by atoms with Crippen LogP contribution in [-0.4, -0.2) is 33.6 Å². The Labute approximate surface area is 218 Å². The van der Waals surface area contributed by atoms with Gasteiger partial charge in [-0.25, -0.2) is 14.3 Å². The lowest BCUT2D eigenvalue weighted by Crippen LogP contribution is -2.17. The zero-order chi connectivity index (χ0) is 26.5. The van der Waals surface area contributed by atoms with Crippen molar-refractivity contribution in [3.63, 3.8) is 0 Å². The first-order chi connectivity index (χ1) is 17.6. The number of anilines is 1. The summed E-state index contributed by atoms with van der Waals surface area (Å²) in [5.41, 5.74) is -0.341. The average Bonchev–Trinajstić information content (AvgIpc) is 3.39. The van der Waals surface area contributed by atoms with Gasteiger partial charge in [-0.05, 0) is 36.8 Å². The van der Waals surface area contributed by atoms with Crippen LogP contribution >= 0.6 is 22.9 Å². The summed E-state index contributed by atoms with van der Waals surface area (Å²) in [5, 5.41) is 6.42. The lowest BCUT2D eigenvalue weighted by molar-refractivity contribution is -0.142. The Morgan fingerprint density at radius 1 is 1.24 bits per heavy atom. The summed E-state index contributed by atoms with van der Waals surface area (Å²) in [5.74, 6) is -1.04. The van der Waals surface area contributed by atoms with Crippen LogP contribution in [0.25, 0.3) is 16.9 Å². The van der Waals surface area contributed by atoms with Crippen LogP contribution in [0, 0.1) is 5.92 Å². The van der Waals surface area contributed by atoms with Gasteiger partial charge in [0.1, 0.15) is 10.0 Å². The van der Waals surface area contributed by atoms with Crippen molar-refractivity contribution >= 4 is 45.5 Å². The Hall–Kier alpha value is -3.44. The van der Waals surface area contributed by atoms with Gasteiger partial charge < -0.3 is 10.1 Å². The van der Waals surface area contributed by atoms with E-state index < -0.39 is 29.4 Å². The van der Waals surface area contributed by atoms with Crippen LogP contribution in [0.4, 0.5) is 18.2 Å². The first kappa shape index (κ1) is 25.2.